The van der Waals surface area contributed by atoms with Crippen LogP contribution >= 0.6 is 0 Å². The first kappa shape index (κ1) is 21.9. The van der Waals surface area contributed by atoms with E-state index < -0.39 is 0 Å². The minimum Gasteiger partial charge on any atom is -0.355 e. The molecule has 1 nitrogen and oxygen atoms in total. The zero-order valence-corrected chi connectivity index (χ0v) is 21.4. The molecule has 3 aliphatic carbocycles. The van der Waals surface area contributed by atoms with Gasteiger partial charge in [-0.15, -0.1) is 0 Å². The Morgan fingerprint density at radius 2 is 1.36 bits per heavy atom. The molecule has 1 heteroatoms. The van der Waals surface area contributed by atoms with Gasteiger partial charge in [0.1, 0.15) is 0 Å². The summed E-state index contributed by atoms with van der Waals surface area (Å²) in [7, 11) is 0. The lowest BCUT2D eigenvalue weighted by Crippen LogP contribution is -2.49. The highest BCUT2D eigenvalue weighted by Gasteiger charge is 2.56. The largest absolute Gasteiger partial charge is 0.355 e. The highest BCUT2D eigenvalue weighted by Crippen LogP contribution is 2.64. The van der Waals surface area contributed by atoms with Gasteiger partial charge < -0.3 is 5.32 Å². The smallest absolute Gasteiger partial charge is 0.0463 e. The molecule has 0 aliphatic heterocycles. The normalized spacial score (nSPS) is 27.9. The standard InChI is InChI=1S/C35H35N/c1-23-18-25-20-24(2)35(27(19-23)21-25)32-14-8-6-13-30(32)31-17-16-28(22-33(31)35)36-34-15-9-7-12-29(34)26-10-4-3-5-11-26/h3-17,22-25,27,36H,18-21H2,1-2H3. The first-order valence-electron chi connectivity index (χ1n) is 13.8. The summed E-state index contributed by atoms with van der Waals surface area (Å²) in [6.07, 6.45) is 5.51. The van der Waals surface area contributed by atoms with Crippen molar-refractivity contribution in [1.29, 1.82) is 0 Å². The number of nitrogens with one attached hydrogen (secondary N) is 1. The fraction of sp³-hybridized carbons (Fsp3) is 0.314. The molecule has 4 aromatic rings. The fourth-order valence-corrected chi connectivity index (χ4v) is 8.41. The molecule has 2 fully saturated rings. The molecule has 2 bridgehead atoms. The first-order valence-corrected chi connectivity index (χ1v) is 13.8. The van der Waals surface area contributed by atoms with Crippen LogP contribution in [0.5, 0.6) is 0 Å². The SMILES string of the molecule is CC1CC2CC(C)C3(c4ccccc4-c4ccc(Nc5ccccc5-c5ccccc5)cc43)C(C1)C2. The Labute approximate surface area is 215 Å². The number of hydrogen-bond acceptors (Lipinski definition) is 1. The molecule has 3 aliphatic rings. The minimum absolute atomic E-state index is 0.133. The number of hydrogen-bond donors (Lipinski definition) is 1. The van der Waals surface area contributed by atoms with Crippen LogP contribution in [0.4, 0.5) is 11.4 Å². The number of rotatable bonds is 3. The molecule has 36 heavy (non-hydrogen) atoms. The van der Waals surface area contributed by atoms with Crippen LogP contribution in [0.1, 0.15) is 50.7 Å². The van der Waals surface area contributed by atoms with Crippen LogP contribution in [0.3, 0.4) is 0 Å². The predicted molar refractivity (Wildman–Crippen MR) is 152 cm³/mol. The van der Waals surface area contributed by atoms with E-state index >= 15 is 0 Å². The molecule has 1 N–H and O–H groups in total. The van der Waals surface area contributed by atoms with Gasteiger partial charge in [-0.3, -0.25) is 0 Å². The Hall–Kier alpha value is -3.32. The van der Waals surface area contributed by atoms with Gasteiger partial charge in [-0.1, -0.05) is 92.7 Å². The summed E-state index contributed by atoms with van der Waals surface area (Å²) in [4.78, 5) is 0. The Balaban J connectivity index is 1.36. The van der Waals surface area contributed by atoms with E-state index in [0.717, 1.165) is 23.4 Å². The van der Waals surface area contributed by atoms with Crippen molar-refractivity contribution < 1.29 is 0 Å². The molecule has 0 amide bonds. The number of anilines is 2. The van der Waals surface area contributed by atoms with Gasteiger partial charge in [0.05, 0.1) is 0 Å². The molecule has 0 radical (unpaired) electrons. The van der Waals surface area contributed by atoms with Gasteiger partial charge in [0.2, 0.25) is 0 Å². The Kier molecular flexibility index (Phi) is 5.10. The monoisotopic (exact) mass is 469 g/mol. The van der Waals surface area contributed by atoms with Crippen LogP contribution in [0.15, 0.2) is 97.1 Å². The molecule has 0 aromatic heterocycles. The van der Waals surface area contributed by atoms with E-state index in [1.165, 1.54) is 53.6 Å². The van der Waals surface area contributed by atoms with E-state index in [4.69, 9.17) is 0 Å². The quantitative estimate of drug-likeness (QED) is 0.315. The van der Waals surface area contributed by atoms with E-state index in [9.17, 15) is 0 Å². The second-order valence-electron chi connectivity index (χ2n) is 11.7. The summed E-state index contributed by atoms with van der Waals surface area (Å²) in [5.41, 5.74) is 11.1. The van der Waals surface area contributed by atoms with E-state index in [-0.39, 0.29) is 5.41 Å². The average Bonchev–Trinajstić information content (AvgIpc) is 3.19. The lowest BCUT2D eigenvalue weighted by molar-refractivity contribution is 0.0426. The molecular formula is C35H35N. The second-order valence-corrected chi connectivity index (χ2v) is 11.7. The minimum atomic E-state index is 0.133. The highest BCUT2D eigenvalue weighted by molar-refractivity contribution is 5.86. The molecule has 2 saturated carbocycles. The second kappa shape index (κ2) is 8.37. The first-order chi connectivity index (χ1) is 17.6. The van der Waals surface area contributed by atoms with Gasteiger partial charge in [0.15, 0.2) is 0 Å². The number of benzene rings is 4. The molecule has 5 unspecified atom stereocenters. The van der Waals surface area contributed by atoms with Crippen molar-refractivity contribution in [2.45, 2.75) is 44.9 Å². The lowest BCUT2D eigenvalue weighted by atomic mass is 9.49. The molecule has 7 rings (SSSR count). The zero-order valence-electron chi connectivity index (χ0n) is 21.4. The summed E-state index contributed by atoms with van der Waals surface area (Å²) >= 11 is 0. The summed E-state index contributed by atoms with van der Waals surface area (Å²) < 4.78 is 0. The fourth-order valence-electron chi connectivity index (χ4n) is 8.41. The van der Waals surface area contributed by atoms with Gasteiger partial charge in [-0.05, 0) is 95.4 Å². The molecule has 0 heterocycles. The summed E-state index contributed by atoms with van der Waals surface area (Å²) in [5, 5.41) is 3.83. The van der Waals surface area contributed by atoms with Gasteiger partial charge in [-0.25, -0.2) is 0 Å². The average molecular weight is 470 g/mol. The molecule has 0 saturated heterocycles. The Bertz CT molecular complexity index is 1420. The maximum atomic E-state index is 3.83. The topological polar surface area (TPSA) is 12.0 Å². The van der Waals surface area contributed by atoms with E-state index in [2.05, 4.69) is 116 Å². The molecule has 5 atom stereocenters. The molecule has 4 aromatic carbocycles. The van der Waals surface area contributed by atoms with E-state index in [1.807, 2.05) is 0 Å². The summed E-state index contributed by atoms with van der Waals surface area (Å²) in [5.74, 6) is 3.11. The van der Waals surface area contributed by atoms with Gasteiger partial charge in [0.25, 0.3) is 0 Å². The lowest BCUT2D eigenvalue weighted by Gasteiger charge is -2.54. The third-order valence-electron chi connectivity index (χ3n) is 9.57. The van der Waals surface area contributed by atoms with Crippen molar-refractivity contribution in [2.75, 3.05) is 5.32 Å². The Morgan fingerprint density at radius 3 is 2.22 bits per heavy atom. The van der Waals surface area contributed by atoms with Gasteiger partial charge in [-0.2, -0.15) is 0 Å². The van der Waals surface area contributed by atoms with Crippen LogP contribution in [-0.4, -0.2) is 0 Å². The molecule has 180 valence electrons. The van der Waals surface area contributed by atoms with Crippen LogP contribution in [0.2, 0.25) is 0 Å². The van der Waals surface area contributed by atoms with Crippen LogP contribution in [-0.2, 0) is 5.41 Å². The summed E-state index contributed by atoms with van der Waals surface area (Å²) in [6, 6.07) is 35.9. The van der Waals surface area contributed by atoms with Crippen molar-refractivity contribution in [3.63, 3.8) is 0 Å². The van der Waals surface area contributed by atoms with Crippen LogP contribution in [0.25, 0.3) is 22.3 Å². The van der Waals surface area contributed by atoms with Crippen molar-refractivity contribution in [3.05, 3.63) is 108 Å². The van der Waals surface area contributed by atoms with Crippen LogP contribution < -0.4 is 5.32 Å². The van der Waals surface area contributed by atoms with Gasteiger partial charge >= 0.3 is 0 Å². The molecule has 1 spiro atoms. The third kappa shape index (κ3) is 3.22. The Morgan fingerprint density at radius 1 is 0.639 bits per heavy atom. The number of fused-ring (bicyclic) bond motifs is 8. The highest BCUT2D eigenvalue weighted by atomic mass is 14.9. The van der Waals surface area contributed by atoms with Crippen LogP contribution in [0, 0.1) is 23.7 Å². The molecular weight excluding hydrogens is 434 g/mol. The van der Waals surface area contributed by atoms with Gasteiger partial charge in [0, 0.05) is 22.4 Å². The van der Waals surface area contributed by atoms with Crippen molar-refractivity contribution in [3.8, 4) is 22.3 Å². The van der Waals surface area contributed by atoms with Crippen molar-refractivity contribution in [2.24, 2.45) is 23.7 Å². The zero-order chi connectivity index (χ0) is 24.3. The predicted octanol–water partition coefficient (Wildman–Crippen LogP) is 9.46. The van der Waals surface area contributed by atoms with Crippen molar-refractivity contribution >= 4 is 11.4 Å². The summed E-state index contributed by atoms with van der Waals surface area (Å²) in [6.45, 7) is 5.04. The van der Waals surface area contributed by atoms with Crippen molar-refractivity contribution in [1.82, 2.24) is 0 Å². The maximum Gasteiger partial charge on any atom is 0.0463 e. The third-order valence-corrected chi connectivity index (χ3v) is 9.57. The number of para-hydroxylation sites is 1. The van der Waals surface area contributed by atoms with E-state index in [1.54, 1.807) is 11.1 Å². The van der Waals surface area contributed by atoms with E-state index in [0.29, 0.717) is 5.92 Å². The maximum absolute atomic E-state index is 3.83.